The summed E-state index contributed by atoms with van der Waals surface area (Å²) in [5.41, 5.74) is 10.8. The van der Waals surface area contributed by atoms with E-state index in [0.717, 1.165) is 41.6 Å². The molecule has 1 aromatic heterocycles. The van der Waals surface area contributed by atoms with Crippen LogP contribution >= 0.6 is 0 Å². The van der Waals surface area contributed by atoms with Gasteiger partial charge in [-0.05, 0) is 72.4 Å². The Morgan fingerprint density at radius 2 is 1.86 bits per heavy atom. The summed E-state index contributed by atoms with van der Waals surface area (Å²) in [7, 11) is 0. The van der Waals surface area contributed by atoms with Gasteiger partial charge in [0.2, 0.25) is 0 Å². The van der Waals surface area contributed by atoms with Crippen LogP contribution in [0.2, 0.25) is 0 Å². The third-order valence-electron chi connectivity index (χ3n) is 7.17. The molecule has 1 heterocycles. The summed E-state index contributed by atoms with van der Waals surface area (Å²) < 4.78 is 27.2. The molecule has 4 rings (SSSR count). The molecule has 0 saturated heterocycles. The summed E-state index contributed by atoms with van der Waals surface area (Å²) in [6, 6.07) is 11.3. The van der Waals surface area contributed by atoms with Gasteiger partial charge in [0.15, 0.2) is 0 Å². The molecule has 192 valence electrons. The second kappa shape index (κ2) is 10.3. The zero-order valence-corrected chi connectivity index (χ0v) is 21.5. The third-order valence-corrected chi connectivity index (χ3v) is 7.17. The van der Waals surface area contributed by atoms with Crippen LogP contribution in [0.25, 0.3) is 0 Å². The quantitative estimate of drug-likeness (QED) is 0.457. The van der Waals surface area contributed by atoms with Gasteiger partial charge in [-0.15, -0.1) is 0 Å². The Bertz CT molecular complexity index is 1210. The molecule has 0 radical (unpaired) electrons. The summed E-state index contributed by atoms with van der Waals surface area (Å²) in [6.45, 7) is 8.71. The molecular formula is C29H36F2N4O. The van der Waals surface area contributed by atoms with E-state index in [-0.39, 0.29) is 18.4 Å². The molecule has 36 heavy (non-hydrogen) atoms. The molecule has 3 unspecified atom stereocenters. The Morgan fingerprint density at radius 3 is 2.56 bits per heavy atom. The van der Waals surface area contributed by atoms with Crippen LogP contribution in [-0.2, 0) is 30.2 Å². The summed E-state index contributed by atoms with van der Waals surface area (Å²) in [4.78, 5) is 9.07. The Kier molecular flexibility index (Phi) is 7.55. The van der Waals surface area contributed by atoms with Crippen LogP contribution in [0.15, 0.2) is 48.7 Å². The summed E-state index contributed by atoms with van der Waals surface area (Å²) in [5, 5.41) is 14.6. The number of nitrogens with one attached hydrogen (secondary N) is 1. The van der Waals surface area contributed by atoms with Crippen molar-refractivity contribution in [2.75, 3.05) is 6.54 Å². The number of aryl methyl sites for hydroxylation is 2. The monoisotopic (exact) mass is 494 g/mol. The molecule has 0 bridgehead atoms. The van der Waals surface area contributed by atoms with Gasteiger partial charge in [0.25, 0.3) is 0 Å². The molecular weight excluding hydrogens is 458 g/mol. The van der Waals surface area contributed by atoms with Crippen molar-refractivity contribution in [2.45, 2.75) is 76.5 Å². The summed E-state index contributed by atoms with van der Waals surface area (Å²) in [6.07, 6.45) is 3.45. The van der Waals surface area contributed by atoms with Gasteiger partial charge in [-0.3, -0.25) is 0 Å². The fraction of sp³-hybridized carbons (Fsp3) is 0.448. The van der Waals surface area contributed by atoms with Crippen LogP contribution in [0.5, 0.6) is 0 Å². The lowest BCUT2D eigenvalue weighted by atomic mass is 9.73. The second-order valence-corrected chi connectivity index (χ2v) is 11.1. The van der Waals surface area contributed by atoms with E-state index in [4.69, 9.17) is 5.73 Å². The number of hydrogen-bond acceptors (Lipinski definition) is 5. The number of rotatable bonds is 7. The number of fused-ring (bicyclic) bond motifs is 1. The van der Waals surface area contributed by atoms with Crippen molar-refractivity contribution in [1.29, 1.82) is 0 Å². The topological polar surface area (TPSA) is 84.1 Å². The molecule has 4 N–H and O–H groups in total. The molecule has 3 aromatic rings. The normalized spacial score (nSPS) is 19.6. The van der Waals surface area contributed by atoms with E-state index >= 15 is 0 Å². The van der Waals surface area contributed by atoms with Crippen molar-refractivity contribution >= 4 is 0 Å². The fourth-order valence-electron chi connectivity index (χ4n) is 5.02. The predicted octanol–water partition coefficient (Wildman–Crippen LogP) is 4.27. The molecule has 2 aromatic carbocycles. The molecule has 1 aliphatic carbocycles. The highest BCUT2D eigenvalue weighted by atomic mass is 19.1. The van der Waals surface area contributed by atoms with E-state index in [1.54, 1.807) is 0 Å². The predicted molar refractivity (Wildman–Crippen MR) is 138 cm³/mol. The van der Waals surface area contributed by atoms with E-state index in [0.29, 0.717) is 12.0 Å². The van der Waals surface area contributed by atoms with Crippen LogP contribution < -0.4 is 11.1 Å². The summed E-state index contributed by atoms with van der Waals surface area (Å²) >= 11 is 0. The maximum Gasteiger partial charge on any atom is 0.126 e. The van der Waals surface area contributed by atoms with E-state index in [1.165, 1.54) is 17.7 Å². The van der Waals surface area contributed by atoms with Crippen LogP contribution in [-0.4, -0.2) is 33.8 Å². The average molecular weight is 495 g/mol. The highest BCUT2D eigenvalue weighted by Gasteiger charge is 2.38. The van der Waals surface area contributed by atoms with E-state index in [9.17, 15) is 13.9 Å². The number of nitrogens with zero attached hydrogens (tertiary/aromatic N) is 2. The number of halogens is 2. The van der Waals surface area contributed by atoms with Crippen molar-refractivity contribution in [1.82, 2.24) is 15.3 Å². The number of benzene rings is 2. The van der Waals surface area contributed by atoms with Crippen LogP contribution in [0.4, 0.5) is 8.78 Å². The van der Waals surface area contributed by atoms with E-state index < -0.39 is 29.3 Å². The standard InChI is InChI=1S/C29H36F2N4O/c1-18-33-16-20-15-29(9-8-26(20)35-18,22-7-5-6-21(13-22)28(2,3)4)34-17-27(36)25(32)12-19-10-23(30)14-24(31)11-19/h5-7,10-11,13-14,16,25,27,34,36H,8-9,12,15,17,32H2,1-4H3. The first-order valence-corrected chi connectivity index (χ1v) is 12.5. The highest BCUT2D eigenvalue weighted by Crippen LogP contribution is 2.37. The number of aliphatic hydroxyl groups excluding tert-OH is 1. The van der Waals surface area contributed by atoms with Crippen LogP contribution in [0, 0.1) is 18.6 Å². The van der Waals surface area contributed by atoms with Gasteiger partial charge in [0, 0.05) is 36.1 Å². The second-order valence-electron chi connectivity index (χ2n) is 11.1. The highest BCUT2D eigenvalue weighted by molar-refractivity contribution is 5.37. The Hall–Kier alpha value is -2.74. The molecule has 3 atom stereocenters. The van der Waals surface area contributed by atoms with Crippen molar-refractivity contribution in [3.63, 3.8) is 0 Å². The SMILES string of the molecule is Cc1ncc2c(n1)CCC(NCC(O)C(N)Cc1cc(F)cc(F)c1)(c1cccc(C(C)(C)C)c1)C2. The number of nitrogens with two attached hydrogens (primary N) is 1. The third kappa shape index (κ3) is 5.97. The van der Waals surface area contributed by atoms with Gasteiger partial charge in [-0.1, -0.05) is 45.0 Å². The minimum atomic E-state index is -0.908. The Morgan fingerprint density at radius 1 is 1.14 bits per heavy atom. The Balaban J connectivity index is 1.58. The maximum absolute atomic E-state index is 13.6. The van der Waals surface area contributed by atoms with Gasteiger partial charge in [-0.2, -0.15) is 0 Å². The number of aromatic nitrogens is 2. The van der Waals surface area contributed by atoms with Gasteiger partial charge >= 0.3 is 0 Å². The lowest BCUT2D eigenvalue weighted by Gasteiger charge is -2.41. The summed E-state index contributed by atoms with van der Waals surface area (Å²) in [5.74, 6) is -0.541. The van der Waals surface area contributed by atoms with E-state index in [2.05, 4.69) is 60.3 Å². The van der Waals surface area contributed by atoms with Gasteiger partial charge in [0.05, 0.1) is 6.10 Å². The minimum Gasteiger partial charge on any atom is -0.390 e. The fourth-order valence-corrected chi connectivity index (χ4v) is 5.02. The lowest BCUT2D eigenvalue weighted by molar-refractivity contribution is 0.123. The van der Waals surface area contributed by atoms with Crippen molar-refractivity contribution in [3.05, 3.63) is 94.1 Å². The zero-order valence-electron chi connectivity index (χ0n) is 21.5. The minimum absolute atomic E-state index is 0.00784. The number of aliphatic hydroxyl groups is 1. The van der Waals surface area contributed by atoms with Crippen molar-refractivity contribution < 1.29 is 13.9 Å². The van der Waals surface area contributed by atoms with Gasteiger partial charge < -0.3 is 16.2 Å². The van der Waals surface area contributed by atoms with Crippen LogP contribution in [0.1, 0.15) is 61.0 Å². The molecule has 0 amide bonds. The lowest BCUT2D eigenvalue weighted by Crippen LogP contribution is -2.52. The van der Waals surface area contributed by atoms with Crippen LogP contribution in [0.3, 0.4) is 0 Å². The smallest absolute Gasteiger partial charge is 0.126 e. The maximum atomic E-state index is 13.6. The first kappa shape index (κ1) is 26.3. The first-order valence-electron chi connectivity index (χ1n) is 12.5. The largest absolute Gasteiger partial charge is 0.390 e. The molecule has 7 heteroatoms. The molecule has 0 saturated carbocycles. The van der Waals surface area contributed by atoms with Gasteiger partial charge in [-0.25, -0.2) is 18.7 Å². The molecule has 0 spiro atoms. The number of hydrogen-bond donors (Lipinski definition) is 3. The van der Waals surface area contributed by atoms with Gasteiger partial charge in [0.1, 0.15) is 17.5 Å². The molecule has 1 aliphatic rings. The molecule has 0 aliphatic heterocycles. The molecule has 0 fully saturated rings. The first-order chi connectivity index (χ1) is 16.9. The average Bonchev–Trinajstić information content (AvgIpc) is 2.81. The molecule has 5 nitrogen and oxygen atoms in total. The Labute approximate surface area is 212 Å². The van der Waals surface area contributed by atoms with E-state index in [1.807, 2.05) is 13.1 Å². The zero-order chi connectivity index (χ0) is 26.1. The van der Waals surface area contributed by atoms with Crippen molar-refractivity contribution in [2.24, 2.45) is 5.73 Å². The van der Waals surface area contributed by atoms with Crippen molar-refractivity contribution in [3.8, 4) is 0 Å².